The minimum Gasteiger partial charge on any atom is -0.306 e. The maximum absolute atomic E-state index is 4.84. The molecule has 0 atom stereocenters. The lowest BCUT2D eigenvalue weighted by Crippen LogP contribution is -2.67. The van der Waals surface area contributed by atoms with E-state index in [0.29, 0.717) is 0 Å². The molecule has 376 valence electrons. The average molecular weight is 1010 g/mol. The summed E-state index contributed by atoms with van der Waals surface area (Å²) in [5.41, 5.74) is 17.9. The van der Waals surface area contributed by atoms with Gasteiger partial charge in [-0.3, -0.25) is 0 Å². The van der Waals surface area contributed by atoms with E-state index in [1.165, 1.54) is 22.3 Å². The van der Waals surface area contributed by atoms with Gasteiger partial charge in [0.05, 0.1) is 48.1 Å². The molecule has 78 heavy (non-hydrogen) atoms. The minimum absolute atomic E-state index is 0.133. The largest absolute Gasteiger partial charge is 0.306 e. The van der Waals surface area contributed by atoms with Gasteiger partial charge >= 0.3 is 0 Å². The highest BCUT2D eigenvalue weighted by atomic mass is 15.1. The van der Waals surface area contributed by atoms with Gasteiger partial charge in [0, 0.05) is 69.8 Å². The third-order valence-electron chi connectivity index (χ3n) is 17.8. The Morgan fingerprint density at radius 1 is 0.231 bits per heavy atom. The zero-order valence-corrected chi connectivity index (χ0v) is 43.2. The summed E-state index contributed by atoms with van der Waals surface area (Å²) in [5, 5.41) is 0. The molecule has 0 N–H and O–H groups in total. The molecule has 8 aromatic carbocycles. The maximum Gasteiger partial charge on any atom is 0.0999 e. The second-order valence-electron chi connectivity index (χ2n) is 22.5. The van der Waals surface area contributed by atoms with Crippen LogP contribution in [0.1, 0.15) is 60.8 Å². The van der Waals surface area contributed by atoms with Crippen LogP contribution in [0.15, 0.2) is 268 Å². The van der Waals surface area contributed by atoms with Crippen molar-refractivity contribution in [1.29, 1.82) is 0 Å². The van der Waals surface area contributed by atoms with Crippen molar-refractivity contribution in [2.24, 2.45) is 0 Å². The first-order valence-electron chi connectivity index (χ1n) is 27.2. The van der Waals surface area contributed by atoms with Crippen LogP contribution >= 0.6 is 0 Å². The summed E-state index contributed by atoms with van der Waals surface area (Å²) >= 11 is 0. The lowest BCUT2D eigenvalue weighted by atomic mass is 9.32. The molecule has 16 rings (SSSR count). The van der Waals surface area contributed by atoms with E-state index in [4.69, 9.17) is 19.9 Å². The summed E-state index contributed by atoms with van der Waals surface area (Å²) < 4.78 is 8.65. The highest BCUT2D eigenvalue weighted by Crippen LogP contribution is 2.75. The monoisotopic (exact) mass is 1010 g/mol. The first-order chi connectivity index (χ1) is 38.4. The summed E-state index contributed by atoms with van der Waals surface area (Å²) in [6.07, 6.45) is 22.8. The Kier molecular flexibility index (Phi) is 10.7. The average Bonchev–Trinajstić information content (AvgIpc) is 2.00. The zero-order valence-electron chi connectivity index (χ0n) is 43.2. The molecule has 4 aromatic heterocycles. The molecule has 0 saturated heterocycles. The maximum atomic E-state index is 4.84. The SMILES string of the molecule is c1ccc(-c2cn(-c3ccc(C45CC6(c7ccc(-n8cnc(-c9ccccc9)c8)cc7)CC(c7ccc(-n8cnc(-c9ccccc9)c8)cc7)(C4)CC(c4ccc(-n7cnc(-c8ccccc8)c7)cc4)(C5)C6)cc3)cn2)cc1. The van der Waals surface area contributed by atoms with E-state index in [2.05, 4.69) is 261 Å². The quantitative estimate of drug-likeness (QED) is 0.122. The number of imidazole rings is 4. The predicted octanol–water partition coefficient (Wildman–Crippen LogP) is 15.5. The Hall–Kier alpha value is -9.40. The van der Waals surface area contributed by atoms with E-state index in [9.17, 15) is 0 Å². The van der Waals surface area contributed by atoms with Crippen molar-refractivity contribution >= 4 is 0 Å². The molecule has 4 aliphatic rings. The van der Waals surface area contributed by atoms with Crippen LogP contribution in [0.3, 0.4) is 0 Å². The van der Waals surface area contributed by atoms with Crippen LogP contribution in [0.4, 0.5) is 0 Å². The number of aromatic nitrogens is 8. The third-order valence-corrected chi connectivity index (χ3v) is 17.8. The van der Waals surface area contributed by atoms with Gasteiger partial charge in [-0.25, -0.2) is 19.9 Å². The van der Waals surface area contributed by atoms with Gasteiger partial charge in [-0.05, 0) is 131 Å². The van der Waals surface area contributed by atoms with E-state index >= 15 is 0 Å². The molecular weight excluding hydrogens is 953 g/mol. The first kappa shape index (κ1) is 45.9. The standard InChI is InChI=1S/C70H56N8/c1-5-13-51(14-6-1)63-37-75(47-71-63)59-29-21-55(22-30-59)67-41-68(56-23-31-60(32-24-56)76-38-64(72-48-76)52-15-7-2-8-16-52)44-69(42-67,57-25-33-61(34-26-57)77-39-65(73-49-77)53-17-9-3-10-18-53)46-70(43-67,45-68)58-27-35-62(36-28-58)78-40-66(74-50-78)54-19-11-4-12-20-54/h1-40,47-50H,41-46H2. The third kappa shape index (κ3) is 7.89. The first-order valence-corrected chi connectivity index (χ1v) is 27.2. The highest BCUT2D eigenvalue weighted by molar-refractivity contribution is 5.63. The molecule has 8 nitrogen and oxygen atoms in total. The molecule has 0 unspecified atom stereocenters. The number of nitrogens with zero attached hydrogens (tertiary/aromatic N) is 8. The lowest BCUT2D eigenvalue weighted by molar-refractivity contribution is -0.0691. The zero-order chi connectivity index (χ0) is 51.7. The fourth-order valence-corrected chi connectivity index (χ4v) is 14.7. The van der Waals surface area contributed by atoms with E-state index in [1.54, 1.807) is 0 Å². The van der Waals surface area contributed by atoms with Gasteiger partial charge in [-0.1, -0.05) is 170 Å². The van der Waals surface area contributed by atoms with Crippen molar-refractivity contribution in [3.05, 3.63) is 291 Å². The molecule has 8 heteroatoms. The van der Waals surface area contributed by atoms with Crippen LogP contribution in [0.25, 0.3) is 67.8 Å². The smallest absolute Gasteiger partial charge is 0.0999 e. The predicted molar refractivity (Wildman–Crippen MR) is 310 cm³/mol. The molecule has 4 bridgehead atoms. The Morgan fingerprint density at radius 3 is 0.615 bits per heavy atom. The van der Waals surface area contributed by atoms with Gasteiger partial charge in [0.1, 0.15) is 0 Å². The van der Waals surface area contributed by atoms with Crippen molar-refractivity contribution < 1.29 is 0 Å². The van der Waals surface area contributed by atoms with Crippen LogP contribution in [0, 0.1) is 0 Å². The van der Waals surface area contributed by atoms with Crippen molar-refractivity contribution in [3.8, 4) is 67.8 Å². The topological polar surface area (TPSA) is 71.3 Å². The van der Waals surface area contributed by atoms with E-state index in [1.807, 2.05) is 25.3 Å². The molecule has 0 amide bonds. The fourth-order valence-electron chi connectivity index (χ4n) is 14.7. The minimum atomic E-state index is -0.133. The van der Waals surface area contributed by atoms with Gasteiger partial charge in [0.25, 0.3) is 0 Å². The molecule has 4 aliphatic carbocycles. The summed E-state index contributed by atoms with van der Waals surface area (Å²) in [7, 11) is 0. The van der Waals surface area contributed by atoms with Crippen molar-refractivity contribution in [3.63, 3.8) is 0 Å². The Balaban J connectivity index is 0.856. The number of benzene rings is 8. The highest BCUT2D eigenvalue weighted by Gasteiger charge is 2.69. The number of hydrogen-bond donors (Lipinski definition) is 0. The Morgan fingerprint density at radius 2 is 0.423 bits per heavy atom. The van der Waals surface area contributed by atoms with E-state index in [-0.39, 0.29) is 21.7 Å². The van der Waals surface area contributed by atoms with Gasteiger partial charge in [0.2, 0.25) is 0 Å². The molecular formula is C70H56N8. The van der Waals surface area contributed by atoms with Gasteiger partial charge in [-0.15, -0.1) is 0 Å². The second-order valence-corrected chi connectivity index (χ2v) is 22.5. The molecule has 4 fully saturated rings. The molecule has 4 saturated carbocycles. The summed E-state index contributed by atoms with van der Waals surface area (Å²) in [6.45, 7) is 0. The normalized spacial score (nSPS) is 21.2. The van der Waals surface area contributed by atoms with Gasteiger partial charge in [-0.2, -0.15) is 0 Å². The van der Waals surface area contributed by atoms with Gasteiger partial charge in [0.15, 0.2) is 0 Å². The van der Waals surface area contributed by atoms with Crippen molar-refractivity contribution in [1.82, 2.24) is 38.2 Å². The van der Waals surface area contributed by atoms with E-state index < -0.39 is 0 Å². The van der Waals surface area contributed by atoms with Crippen LogP contribution < -0.4 is 0 Å². The molecule has 0 radical (unpaired) electrons. The van der Waals surface area contributed by atoms with Crippen LogP contribution in [0.2, 0.25) is 0 Å². The molecule has 4 heterocycles. The van der Waals surface area contributed by atoms with E-state index in [0.717, 1.165) is 106 Å². The summed E-state index contributed by atoms with van der Waals surface area (Å²) in [5.74, 6) is 0. The summed E-state index contributed by atoms with van der Waals surface area (Å²) in [4.78, 5) is 19.3. The second kappa shape index (κ2) is 18.1. The fraction of sp³-hybridized carbons (Fsp3) is 0.143. The lowest BCUT2D eigenvalue weighted by Gasteiger charge is -2.71. The van der Waals surface area contributed by atoms with Crippen LogP contribution in [-0.2, 0) is 21.7 Å². The van der Waals surface area contributed by atoms with Crippen molar-refractivity contribution in [2.75, 3.05) is 0 Å². The Bertz CT molecular complexity index is 3490. The number of rotatable bonds is 12. The Labute approximate surface area is 454 Å². The summed E-state index contributed by atoms with van der Waals surface area (Å²) in [6, 6.07) is 80.0. The molecule has 12 aromatic rings. The molecule has 0 aliphatic heterocycles. The molecule has 0 spiro atoms. The van der Waals surface area contributed by atoms with Crippen LogP contribution in [0.5, 0.6) is 0 Å². The van der Waals surface area contributed by atoms with Crippen LogP contribution in [-0.4, -0.2) is 38.2 Å². The van der Waals surface area contributed by atoms with Crippen molar-refractivity contribution in [2.45, 2.75) is 60.2 Å². The van der Waals surface area contributed by atoms with Gasteiger partial charge < -0.3 is 18.3 Å². The number of hydrogen-bond acceptors (Lipinski definition) is 4.